The first-order valence-electron chi connectivity index (χ1n) is 12.0. The summed E-state index contributed by atoms with van der Waals surface area (Å²) in [5, 5.41) is 0.470. The minimum atomic E-state index is -4.70. The molecular formula is C25H31ClFN5O4S. The standard InChI is InChI=1S/C25H31ClFN5O4S/c1-25(2)31-23(28)30-24(29)32(25)18-7-12-22(21(26)13-18)36-15-17-5-3-16(4-6-17)14-35-19-8-10-20(11-9-19)37(27,33)34/h7-13,16-17H,3-6,14-15H2,1-2H3,(H4,28,29,30,31). The zero-order chi connectivity index (χ0) is 26.8. The summed E-state index contributed by atoms with van der Waals surface area (Å²) in [5.41, 5.74) is 11.9. The van der Waals surface area contributed by atoms with Gasteiger partial charge < -0.3 is 20.9 Å². The van der Waals surface area contributed by atoms with Crippen molar-refractivity contribution in [2.75, 3.05) is 18.1 Å². The van der Waals surface area contributed by atoms with E-state index >= 15 is 0 Å². The van der Waals surface area contributed by atoms with E-state index < -0.39 is 15.9 Å². The molecule has 1 saturated carbocycles. The molecule has 2 aromatic rings. The van der Waals surface area contributed by atoms with E-state index in [4.69, 9.17) is 32.5 Å². The number of guanidine groups is 2. The van der Waals surface area contributed by atoms with Gasteiger partial charge in [-0.2, -0.15) is 13.4 Å². The highest BCUT2D eigenvalue weighted by Gasteiger charge is 2.33. The Morgan fingerprint density at radius 2 is 1.62 bits per heavy atom. The minimum absolute atomic E-state index is 0.135. The van der Waals surface area contributed by atoms with Crippen LogP contribution in [0.1, 0.15) is 39.5 Å². The van der Waals surface area contributed by atoms with E-state index in [2.05, 4.69) is 9.98 Å². The number of nitrogens with two attached hydrogens (primary N) is 2. The van der Waals surface area contributed by atoms with Gasteiger partial charge in [-0.3, -0.25) is 4.90 Å². The molecule has 4 rings (SSSR count). The van der Waals surface area contributed by atoms with Gasteiger partial charge in [0.2, 0.25) is 11.9 Å². The molecule has 0 aromatic heterocycles. The maximum atomic E-state index is 13.0. The highest BCUT2D eigenvalue weighted by Crippen LogP contribution is 2.35. The summed E-state index contributed by atoms with van der Waals surface area (Å²) in [4.78, 5) is 9.81. The smallest absolute Gasteiger partial charge is 0.332 e. The maximum Gasteiger partial charge on any atom is 0.332 e. The molecule has 0 spiro atoms. The molecule has 37 heavy (non-hydrogen) atoms. The van der Waals surface area contributed by atoms with Crippen LogP contribution in [0.3, 0.4) is 0 Å². The van der Waals surface area contributed by atoms with Crippen molar-refractivity contribution in [1.82, 2.24) is 0 Å². The molecule has 4 N–H and O–H groups in total. The van der Waals surface area contributed by atoms with Gasteiger partial charge in [-0.25, -0.2) is 4.99 Å². The molecule has 0 amide bonds. The summed E-state index contributed by atoms with van der Waals surface area (Å²) in [6.45, 7) is 4.86. The number of halogens is 2. The van der Waals surface area contributed by atoms with Crippen molar-refractivity contribution in [2.45, 2.75) is 50.1 Å². The predicted octanol–water partition coefficient (Wildman–Crippen LogP) is 4.45. The van der Waals surface area contributed by atoms with Crippen molar-refractivity contribution >= 4 is 39.4 Å². The Labute approximate surface area is 221 Å². The fraction of sp³-hybridized carbons (Fsp3) is 0.440. The van der Waals surface area contributed by atoms with Crippen molar-refractivity contribution in [3.8, 4) is 11.5 Å². The van der Waals surface area contributed by atoms with Crippen LogP contribution in [0, 0.1) is 11.8 Å². The van der Waals surface area contributed by atoms with Gasteiger partial charge in [0.25, 0.3) is 0 Å². The Balaban J connectivity index is 1.25. The number of anilines is 1. The molecule has 1 heterocycles. The van der Waals surface area contributed by atoms with Gasteiger partial charge in [-0.05, 0) is 93.8 Å². The summed E-state index contributed by atoms with van der Waals surface area (Å²) in [7, 11) is -4.70. The fourth-order valence-corrected chi connectivity index (χ4v) is 5.37. The summed E-state index contributed by atoms with van der Waals surface area (Å²) in [6, 6.07) is 10.8. The Hall–Kier alpha value is -3.05. The molecule has 0 unspecified atom stereocenters. The zero-order valence-electron chi connectivity index (χ0n) is 20.7. The van der Waals surface area contributed by atoms with E-state index in [0.717, 1.165) is 31.4 Å². The number of nitrogens with zero attached hydrogens (tertiary/aromatic N) is 3. The third-order valence-corrected chi connectivity index (χ3v) is 7.73. The topological polar surface area (TPSA) is 133 Å². The highest BCUT2D eigenvalue weighted by molar-refractivity contribution is 7.86. The van der Waals surface area contributed by atoms with Crippen LogP contribution >= 0.6 is 11.6 Å². The number of aliphatic imine (C=N–C) groups is 2. The average Bonchev–Trinajstić information content (AvgIpc) is 2.81. The van der Waals surface area contributed by atoms with Gasteiger partial charge in [0, 0.05) is 5.69 Å². The van der Waals surface area contributed by atoms with Crippen LogP contribution in [-0.4, -0.2) is 39.2 Å². The van der Waals surface area contributed by atoms with Gasteiger partial charge in [-0.15, -0.1) is 3.89 Å². The van der Waals surface area contributed by atoms with Crippen LogP contribution in [0.25, 0.3) is 0 Å². The summed E-state index contributed by atoms with van der Waals surface area (Å²) >= 11 is 6.53. The molecule has 1 fully saturated rings. The Kier molecular flexibility index (Phi) is 7.84. The van der Waals surface area contributed by atoms with E-state index in [1.54, 1.807) is 11.0 Å². The SMILES string of the molecule is CC1(C)N=C(N)N=C(N)N1c1ccc(OCC2CCC(COc3ccc(S(=O)(=O)F)cc3)CC2)c(Cl)c1. The monoisotopic (exact) mass is 551 g/mol. The van der Waals surface area contributed by atoms with Gasteiger partial charge in [0.05, 0.1) is 23.1 Å². The van der Waals surface area contributed by atoms with Crippen LogP contribution in [0.2, 0.25) is 5.02 Å². The van der Waals surface area contributed by atoms with Gasteiger partial charge in [0.15, 0.2) is 0 Å². The first-order chi connectivity index (χ1) is 17.4. The van der Waals surface area contributed by atoms with E-state index in [-0.39, 0.29) is 16.8 Å². The molecule has 2 aliphatic rings. The van der Waals surface area contributed by atoms with E-state index in [1.807, 2.05) is 26.0 Å². The van der Waals surface area contributed by atoms with Crippen LogP contribution in [0.4, 0.5) is 9.57 Å². The Bertz CT molecular complexity index is 1290. The zero-order valence-corrected chi connectivity index (χ0v) is 22.3. The lowest BCUT2D eigenvalue weighted by molar-refractivity contribution is 0.148. The third-order valence-electron chi connectivity index (χ3n) is 6.60. The van der Waals surface area contributed by atoms with Crippen molar-refractivity contribution in [2.24, 2.45) is 33.3 Å². The van der Waals surface area contributed by atoms with Crippen molar-refractivity contribution in [3.63, 3.8) is 0 Å². The third kappa shape index (κ3) is 6.64. The molecule has 200 valence electrons. The van der Waals surface area contributed by atoms with E-state index in [1.165, 1.54) is 24.3 Å². The number of hydrogen-bond donors (Lipinski definition) is 2. The molecule has 0 bridgehead atoms. The van der Waals surface area contributed by atoms with Gasteiger partial charge in [0.1, 0.15) is 17.2 Å². The molecule has 12 heteroatoms. The molecule has 9 nitrogen and oxygen atoms in total. The quantitative estimate of drug-likeness (QED) is 0.463. The first-order valence-corrected chi connectivity index (χ1v) is 13.8. The van der Waals surface area contributed by atoms with Gasteiger partial charge >= 0.3 is 10.2 Å². The molecule has 1 aliphatic heterocycles. The lowest BCUT2D eigenvalue weighted by atomic mass is 9.83. The van der Waals surface area contributed by atoms with Crippen molar-refractivity contribution in [3.05, 3.63) is 47.5 Å². The lowest BCUT2D eigenvalue weighted by Crippen LogP contribution is -2.54. The average molecular weight is 552 g/mol. The summed E-state index contributed by atoms with van der Waals surface area (Å²) < 4.78 is 46.7. The van der Waals surface area contributed by atoms with Crippen molar-refractivity contribution < 1.29 is 21.8 Å². The Morgan fingerprint density at radius 3 is 2.16 bits per heavy atom. The second-order valence-electron chi connectivity index (χ2n) is 9.80. The van der Waals surface area contributed by atoms with Crippen LogP contribution in [-0.2, 0) is 10.2 Å². The molecule has 0 saturated heterocycles. The molecule has 2 aromatic carbocycles. The van der Waals surface area contributed by atoms with Crippen LogP contribution < -0.4 is 25.8 Å². The maximum absolute atomic E-state index is 13.0. The molecule has 1 aliphatic carbocycles. The number of rotatable bonds is 8. The lowest BCUT2D eigenvalue weighted by Gasteiger charge is -2.38. The summed E-state index contributed by atoms with van der Waals surface area (Å²) in [5.74, 6) is 2.29. The second kappa shape index (κ2) is 10.7. The Morgan fingerprint density at radius 1 is 1.03 bits per heavy atom. The fourth-order valence-electron chi connectivity index (χ4n) is 4.68. The normalized spacial score (nSPS) is 21.7. The minimum Gasteiger partial charge on any atom is -0.493 e. The van der Waals surface area contributed by atoms with Crippen molar-refractivity contribution in [1.29, 1.82) is 0 Å². The van der Waals surface area contributed by atoms with E-state index in [9.17, 15) is 12.3 Å². The first kappa shape index (κ1) is 27.0. The molecule has 0 radical (unpaired) electrons. The predicted molar refractivity (Wildman–Crippen MR) is 142 cm³/mol. The largest absolute Gasteiger partial charge is 0.493 e. The van der Waals surface area contributed by atoms with E-state index in [0.29, 0.717) is 41.6 Å². The number of benzene rings is 2. The van der Waals surface area contributed by atoms with Gasteiger partial charge in [-0.1, -0.05) is 11.6 Å². The molecular weight excluding hydrogens is 521 g/mol. The second-order valence-corrected chi connectivity index (χ2v) is 11.6. The molecule has 0 atom stereocenters. The number of hydrogen-bond acceptors (Lipinski definition) is 9. The summed E-state index contributed by atoms with van der Waals surface area (Å²) in [6.07, 6.45) is 3.97. The number of ether oxygens (including phenoxy) is 2. The highest BCUT2D eigenvalue weighted by atomic mass is 35.5. The van der Waals surface area contributed by atoms with Crippen LogP contribution in [0.5, 0.6) is 11.5 Å². The van der Waals surface area contributed by atoms with Crippen LogP contribution in [0.15, 0.2) is 57.3 Å².